The molecule has 162 valence electrons. The van der Waals surface area contributed by atoms with Crippen LogP contribution in [0.5, 0.6) is 0 Å². The number of nitrogens with zero attached hydrogens (tertiary/aromatic N) is 3. The lowest BCUT2D eigenvalue weighted by Gasteiger charge is -2.28. The summed E-state index contributed by atoms with van der Waals surface area (Å²) in [5, 5.41) is 6.86. The van der Waals surface area contributed by atoms with E-state index < -0.39 is 17.8 Å². The zero-order valence-corrected chi connectivity index (χ0v) is 17.1. The van der Waals surface area contributed by atoms with Crippen LogP contribution in [0.4, 0.5) is 13.2 Å². The number of carbonyl (C=O) groups excluding carboxylic acids is 1. The third kappa shape index (κ3) is 3.58. The van der Waals surface area contributed by atoms with Crippen LogP contribution in [0.2, 0.25) is 0 Å². The lowest BCUT2D eigenvalue weighted by atomic mass is 9.84. The first-order valence-electron chi connectivity index (χ1n) is 10.6. The molecule has 8 heteroatoms. The van der Waals surface area contributed by atoms with Crippen molar-refractivity contribution >= 4 is 11.6 Å². The highest BCUT2D eigenvalue weighted by Gasteiger charge is 2.42. The minimum Gasteiger partial charge on any atom is -0.349 e. The van der Waals surface area contributed by atoms with E-state index in [1.165, 1.54) is 25.5 Å². The molecule has 0 saturated heterocycles. The lowest BCUT2D eigenvalue weighted by molar-refractivity contribution is -0.142. The molecule has 0 unspecified atom stereocenters. The first kappa shape index (κ1) is 20.0. The number of hydrogen-bond acceptors (Lipinski definition) is 3. The SMILES string of the molecule is C[C@@H](NC(=O)c1cnn2c(C(F)(F)F)cc(-c3ccccc3)nc12)[C@H]1C[C@@H]2CC[C@@H]1C2. The standard InChI is InChI=1S/C23H23F3N4O/c1-13(17-10-14-7-8-16(17)9-14)28-22(31)18-12-27-30-20(23(24,25)26)11-19(29-21(18)30)15-5-3-2-4-6-15/h2-6,11-14,16-17H,7-10H2,1H3,(H,28,31)/t13-,14-,16-,17-/m1/s1. The van der Waals surface area contributed by atoms with Crippen molar-refractivity contribution in [2.24, 2.45) is 17.8 Å². The first-order valence-corrected chi connectivity index (χ1v) is 10.6. The molecule has 2 aromatic heterocycles. The summed E-state index contributed by atoms with van der Waals surface area (Å²) in [5.74, 6) is 1.36. The Hall–Kier alpha value is -2.90. The van der Waals surface area contributed by atoms with E-state index in [1.54, 1.807) is 30.3 Å². The van der Waals surface area contributed by atoms with Crippen molar-refractivity contribution in [3.05, 3.63) is 53.9 Å². The molecule has 2 saturated carbocycles. The maximum atomic E-state index is 13.7. The summed E-state index contributed by atoms with van der Waals surface area (Å²) in [6.07, 6.45) is 1.33. The molecule has 3 aromatic rings. The highest BCUT2D eigenvalue weighted by Crippen LogP contribution is 2.49. The van der Waals surface area contributed by atoms with Crippen molar-refractivity contribution in [3.63, 3.8) is 0 Å². The van der Waals surface area contributed by atoms with E-state index in [0.717, 1.165) is 18.4 Å². The summed E-state index contributed by atoms with van der Waals surface area (Å²) in [7, 11) is 0. The van der Waals surface area contributed by atoms with Crippen LogP contribution in [-0.4, -0.2) is 26.5 Å². The molecule has 5 nitrogen and oxygen atoms in total. The molecular formula is C23H23F3N4O. The van der Waals surface area contributed by atoms with Gasteiger partial charge in [0, 0.05) is 11.6 Å². The number of amides is 1. The summed E-state index contributed by atoms with van der Waals surface area (Å²) < 4.78 is 41.9. The predicted octanol–water partition coefficient (Wildman–Crippen LogP) is 4.97. The second kappa shape index (κ2) is 7.35. The Labute approximate surface area is 177 Å². The van der Waals surface area contributed by atoms with Crippen LogP contribution in [0.1, 0.15) is 48.7 Å². The Morgan fingerprint density at radius 1 is 1.19 bits per heavy atom. The fourth-order valence-corrected chi connectivity index (χ4v) is 5.38. The quantitative estimate of drug-likeness (QED) is 0.638. The molecule has 1 N–H and O–H groups in total. The van der Waals surface area contributed by atoms with Crippen molar-refractivity contribution in [2.75, 3.05) is 0 Å². The van der Waals surface area contributed by atoms with Gasteiger partial charge in [0.1, 0.15) is 5.56 Å². The Bertz CT molecular complexity index is 1130. The molecule has 0 aliphatic heterocycles. The van der Waals surface area contributed by atoms with E-state index in [4.69, 9.17) is 0 Å². The molecule has 2 aliphatic carbocycles. The van der Waals surface area contributed by atoms with Gasteiger partial charge in [-0.05, 0) is 50.0 Å². The lowest BCUT2D eigenvalue weighted by Crippen LogP contribution is -2.40. The monoisotopic (exact) mass is 428 g/mol. The number of fused-ring (bicyclic) bond motifs is 3. The maximum absolute atomic E-state index is 13.7. The molecule has 31 heavy (non-hydrogen) atoms. The van der Waals surface area contributed by atoms with E-state index in [1.807, 2.05) is 6.92 Å². The fourth-order valence-electron chi connectivity index (χ4n) is 5.38. The molecule has 2 heterocycles. The Morgan fingerprint density at radius 2 is 1.97 bits per heavy atom. The zero-order chi connectivity index (χ0) is 21.8. The maximum Gasteiger partial charge on any atom is 0.433 e. The van der Waals surface area contributed by atoms with Crippen molar-refractivity contribution < 1.29 is 18.0 Å². The van der Waals surface area contributed by atoms with Gasteiger partial charge in [0.25, 0.3) is 5.91 Å². The summed E-state index contributed by atoms with van der Waals surface area (Å²) in [4.78, 5) is 17.4. The Morgan fingerprint density at radius 3 is 2.61 bits per heavy atom. The highest BCUT2D eigenvalue weighted by molar-refractivity contribution is 6.00. The highest BCUT2D eigenvalue weighted by atomic mass is 19.4. The number of aromatic nitrogens is 3. The number of carbonyl (C=O) groups is 1. The van der Waals surface area contributed by atoms with Crippen molar-refractivity contribution in [2.45, 2.75) is 44.8 Å². The topological polar surface area (TPSA) is 59.3 Å². The molecule has 2 bridgehead atoms. The van der Waals surface area contributed by atoms with E-state index in [0.29, 0.717) is 21.9 Å². The van der Waals surface area contributed by atoms with Gasteiger partial charge in [0.15, 0.2) is 11.3 Å². The minimum absolute atomic E-state index is 0.0443. The van der Waals surface area contributed by atoms with Crippen LogP contribution in [0, 0.1) is 17.8 Å². The summed E-state index contributed by atoms with van der Waals surface area (Å²) in [5.41, 5.74) is -0.310. The van der Waals surface area contributed by atoms with Gasteiger partial charge in [-0.1, -0.05) is 36.8 Å². The molecular weight excluding hydrogens is 405 g/mol. The second-order valence-electron chi connectivity index (χ2n) is 8.78. The van der Waals surface area contributed by atoms with Crippen molar-refractivity contribution in [1.82, 2.24) is 19.9 Å². The zero-order valence-electron chi connectivity index (χ0n) is 17.1. The average Bonchev–Trinajstić information content (AvgIpc) is 3.48. The molecule has 5 rings (SSSR count). The van der Waals surface area contributed by atoms with Crippen molar-refractivity contribution in [3.8, 4) is 11.3 Å². The largest absolute Gasteiger partial charge is 0.433 e. The van der Waals surface area contributed by atoms with Gasteiger partial charge in [-0.3, -0.25) is 4.79 Å². The third-order valence-corrected chi connectivity index (χ3v) is 6.87. The Kier molecular flexibility index (Phi) is 4.75. The van der Waals surface area contributed by atoms with Crippen LogP contribution >= 0.6 is 0 Å². The third-order valence-electron chi connectivity index (χ3n) is 6.87. The average molecular weight is 428 g/mol. The van der Waals surface area contributed by atoms with E-state index in [-0.39, 0.29) is 22.9 Å². The molecule has 0 spiro atoms. The molecule has 2 fully saturated rings. The molecule has 1 amide bonds. The van der Waals surface area contributed by atoms with Gasteiger partial charge >= 0.3 is 6.18 Å². The van der Waals surface area contributed by atoms with E-state index in [9.17, 15) is 18.0 Å². The minimum atomic E-state index is -4.64. The van der Waals surface area contributed by atoms with Crippen LogP contribution in [0.15, 0.2) is 42.6 Å². The Balaban J connectivity index is 1.51. The van der Waals surface area contributed by atoms with Crippen LogP contribution in [0.3, 0.4) is 0 Å². The summed E-state index contributed by atoms with van der Waals surface area (Å²) in [6, 6.07) is 9.54. The van der Waals surface area contributed by atoms with Gasteiger partial charge in [0.05, 0.1) is 11.9 Å². The normalized spacial score (nSPS) is 23.9. The molecule has 4 atom stereocenters. The smallest absolute Gasteiger partial charge is 0.349 e. The fraction of sp³-hybridized carbons (Fsp3) is 0.435. The summed E-state index contributed by atoms with van der Waals surface area (Å²) >= 11 is 0. The van der Waals surface area contributed by atoms with Crippen LogP contribution in [-0.2, 0) is 6.18 Å². The van der Waals surface area contributed by atoms with Gasteiger partial charge in [-0.25, -0.2) is 9.50 Å². The number of benzene rings is 1. The first-order chi connectivity index (χ1) is 14.8. The van der Waals surface area contributed by atoms with Gasteiger partial charge < -0.3 is 5.32 Å². The molecule has 0 radical (unpaired) electrons. The predicted molar refractivity (Wildman–Crippen MR) is 109 cm³/mol. The summed E-state index contributed by atoms with van der Waals surface area (Å²) in [6.45, 7) is 1.99. The van der Waals surface area contributed by atoms with Gasteiger partial charge in [-0.15, -0.1) is 0 Å². The van der Waals surface area contributed by atoms with Gasteiger partial charge in [0.2, 0.25) is 0 Å². The van der Waals surface area contributed by atoms with Crippen molar-refractivity contribution in [1.29, 1.82) is 0 Å². The van der Waals surface area contributed by atoms with E-state index in [2.05, 4.69) is 15.4 Å². The number of halogens is 3. The number of alkyl halides is 3. The van der Waals surface area contributed by atoms with E-state index >= 15 is 0 Å². The van der Waals surface area contributed by atoms with Crippen LogP contribution in [0.25, 0.3) is 16.9 Å². The number of nitrogens with one attached hydrogen (secondary N) is 1. The second-order valence-corrected chi connectivity index (χ2v) is 8.78. The molecule has 1 aromatic carbocycles. The number of rotatable bonds is 4. The number of hydrogen-bond donors (Lipinski definition) is 1. The van der Waals surface area contributed by atoms with Crippen LogP contribution < -0.4 is 5.32 Å². The molecule has 2 aliphatic rings. The van der Waals surface area contributed by atoms with Gasteiger partial charge in [-0.2, -0.15) is 18.3 Å².